The molecule has 1 N–H and O–H groups in total. The van der Waals surface area contributed by atoms with Crippen LogP contribution in [0.25, 0.3) is 11.5 Å². The van der Waals surface area contributed by atoms with Crippen LogP contribution in [-0.2, 0) is 6.54 Å². The predicted molar refractivity (Wildman–Crippen MR) is 112 cm³/mol. The number of hydrogen-bond acceptors (Lipinski definition) is 7. The number of nitrogens with one attached hydrogen (secondary N) is 1. The summed E-state index contributed by atoms with van der Waals surface area (Å²) in [5.74, 6) is 0.682. The van der Waals surface area contributed by atoms with E-state index in [1.807, 2.05) is 54.8 Å². The number of nitrogens with zero attached hydrogens (tertiary/aromatic N) is 4. The summed E-state index contributed by atoms with van der Waals surface area (Å²) in [6.45, 7) is 2.17. The van der Waals surface area contributed by atoms with Crippen molar-refractivity contribution in [2.45, 2.75) is 13.5 Å². The van der Waals surface area contributed by atoms with Gasteiger partial charge in [0.1, 0.15) is 0 Å². The molecule has 0 radical (unpaired) electrons. The smallest absolute Gasteiger partial charge is 0.254 e. The van der Waals surface area contributed by atoms with Gasteiger partial charge in [0.05, 0.1) is 12.2 Å². The van der Waals surface area contributed by atoms with Gasteiger partial charge in [-0.1, -0.05) is 24.3 Å². The SMILES string of the molecule is Cc1csc(Nc2cccc(C(=O)N(C)Cc3nnc(-c4ccccc4)o3)c2)n1. The summed E-state index contributed by atoms with van der Waals surface area (Å²) in [5.41, 5.74) is 3.17. The van der Waals surface area contributed by atoms with Crippen LogP contribution >= 0.6 is 11.3 Å². The zero-order valence-electron chi connectivity index (χ0n) is 16.0. The first-order valence-corrected chi connectivity index (χ1v) is 9.89. The highest BCUT2D eigenvalue weighted by Gasteiger charge is 2.16. The van der Waals surface area contributed by atoms with E-state index in [0.717, 1.165) is 22.1 Å². The average molecular weight is 405 g/mol. The molecule has 0 saturated heterocycles. The summed E-state index contributed by atoms with van der Waals surface area (Å²) in [5, 5.41) is 14.1. The molecule has 2 aromatic carbocycles. The Balaban J connectivity index is 1.44. The monoisotopic (exact) mass is 405 g/mol. The zero-order valence-corrected chi connectivity index (χ0v) is 16.8. The van der Waals surface area contributed by atoms with E-state index in [-0.39, 0.29) is 12.5 Å². The number of amides is 1. The van der Waals surface area contributed by atoms with E-state index in [4.69, 9.17) is 4.42 Å². The number of rotatable bonds is 6. The Hall–Kier alpha value is -3.52. The third kappa shape index (κ3) is 4.49. The van der Waals surface area contributed by atoms with E-state index in [0.29, 0.717) is 17.3 Å². The standard InChI is InChI=1S/C21H19N5O2S/c1-14-13-29-21(22-14)23-17-10-6-9-16(11-17)20(27)26(2)12-18-24-25-19(28-18)15-7-4-3-5-8-15/h3-11,13H,12H2,1-2H3,(H,22,23). The molecule has 7 nitrogen and oxygen atoms in total. The Labute approximate surface area is 172 Å². The van der Waals surface area contributed by atoms with Crippen molar-refractivity contribution in [1.29, 1.82) is 0 Å². The molecule has 0 bridgehead atoms. The molecule has 0 aliphatic heterocycles. The Kier molecular flexibility index (Phi) is 5.35. The van der Waals surface area contributed by atoms with Crippen LogP contribution in [0.3, 0.4) is 0 Å². The number of carbonyl (C=O) groups is 1. The molecular weight excluding hydrogens is 386 g/mol. The lowest BCUT2D eigenvalue weighted by Crippen LogP contribution is -2.26. The second kappa shape index (κ2) is 8.24. The molecule has 0 aliphatic rings. The Morgan fingerprint density at radius 2 is 1.97 bits per heavy atom. The second-order valence-electron chi connectivity index (χ2n) is 6.53. The highest BCUT2D eigenvalue weighted by atomic mass is 32.1. The summed E-state index contributed by atoms with van der Waals surface area (Å²) in [6.07, 6.45) is 0. The van der Waals surface area contributed by atoms with Crippen molar-refractivity contribution < 1.29 is 9.21 Å². The van der Waals surface area contributed by atoms with Gasteiger partial charge in [0.25, 0.3) is 5.91 Å². The van der Waals surface area contributed by atoms with Crippen molar-refractivity contribution >= 4 is 28.1 Å². The van der Waals surface area contributed by atoms with Crippen LogP contribution < -0.4 is 5.32 Å². The fourth-order valence-corrected chi connectivity index (χ4v) is 3.48. The number of aryl methyl sites for hydroxylation is 1. The number of benzene rings is 2. The minimum Gasteiger partial charge on any atom is -0.419 e. The molecule has 8 heteroatoms. The number of carbonyl (C=O) groups excluding carboxylic acids is 1. The number of thiazole rings is 1. The van der Waals surface area contributed by atoms with E-state index in [9.17, 15) is 4.79 Å². The largest absolute Gasteiger partial charge is 0.419 e. The fraction of sp³-hybridized carbons (Fsp3) is 0.143. The summed E-state index contributed by atoms with van der Waals surface area (Å²) in [4.78, 5) is 18.8. The molecule has 146 valence electrons. The van der Waals surface area contributed by atoms with Crippen molar-refractivity contribution in [2.75, 3.05) is 12.4 Å². The highest BCUT2D eigenvalue weighted by molar-refractivity contribution is 7.13. The van der Waals surface area contributed by atoms with Crippen molar-refractivity contribution in [1.82, 2.24) is 20.1 Å². The third-order valence-electron chi connectivity index (χ3n) is 4.19. The second-order valence-corrected chi connectivity index (χ2v) is 7.39. The van der Waals surface area contributed by atoms with Gasteiger partial charge in [-0.05, 0) is 37.3 Å². The molecule has 1 amide bonds. The van der Waals surface area contributed by atoms with E-state index >= 15 is 0 Å². The molecule has 0 saturated carbocycles. The molecule has 0 fully saturated rings. The van der Waals surface area contributed by atoms with E-state index < -0.39 is 0 Å². The van der Waals surface area contributed by atoms with Crippen molar-refractivity contribution in [3.05, 3.63) is 77.1 Å². The van der Waals surface area contributed by atoms with E-state index in [1.165, 1.54) is 11.3 Å². The van der Waals surface area contributed by atoms with Gasteiger partial charge in [-0.2, -0.15) is 0 Å². The van der Waals surface area contributed by atoms with Gasteiger partial charge in [0.15, 0.2) is 5.13 Å². The average Bonchev–Trinajstić information content (AvgIpc) is 3.37. The topological polar surface area (TPSA) is 84.2 Å². The summed E-state index contributed by atoms with van der Waals surface area (Å²) in [7, 11) is 1.71. The number of aromatic nitrogens is 3. The molecule has 0 aliphatic carbocycles. The van der Waals surface area contributed by atoms with Gasteiger partial charge in [-0.3, -0.25) is 4.79 Å². The zero-order chi connectivity index (χ0) is 20.2. The van der Waals surface area contributed by atoms with Crippen LogP contribution in [0.4, 0.5) is 10.8 Å². The quantitative estimate of drug-likeness (QED) is 0.508. The van der Waals surface area contributed by atoms with Gasteiger partial charge in [-0.25, -0.2) is 4.98 Å². The maximum Gasteiger partial charge on any atom is 0.254 e. The molecule has 0 atom stereocenters. The molecular formula is C21H19N5O2S. The molecule has 2 heterocycles. The van der Waals surface area contributed by atoms with Gasteiger partial charge in [-0.15, -0.1) is 21.5 Å². The minimum atomic E-state index is -0.136. The maximum atomic E-state index is 12.8. The van der Waals surface area contributed by atoms with E-state index in [2.05, 4.69) is 20.5 Å². The number of hydrogen-bond donors (Lipinski definition) is 1. The van der Waals surface area contributed by atoms with Gasteiger partial charge < -0.3 is 14.6 Å². The number of anilines is 2. The molecule has 0 spiro atoms. The van der Waals surface area contributed by atoms with Crippen LogP contribution in [0.2, 0.25) is 0 Å². The van der Waals surface area contributed by atoms with E-state index in [1.54, 1.807) is 24.1 Å². The first kappa shape index (κ1) is 18.8. The minimum absolute atomic E-state index is 0.136. The van der Waals surface area contributed by atoms with Crippen LogP contribution in [0, 0.1) is 6.92 Å². The fourth-order valence-electron chi connectivity index (χ4n) is 2.77. The van der Waals surface area contributed by atoms with Crippen LogP contribution in [0.5, 0.6) is 0 Å². The lowest BCUT2D eigenvalue weighted by Gasteiger charge is -2.15. The van der Waals surface area contributed by atoms with Crippen molar-refractivity contribution in [3.8, 4) is 11.5 Å². The Morgan fingerprint density at radius 3 is 2.72 bits per heavy atom. The summed E-state index contributed by atoms with van der Waals surface area (Å²) in [6, 6.07) is 16.8. The molecule has 4 aromatic rings. The molecule has 29 heavy (non-hydrogen) atoms. The summed E-state index contributed by atoms with van der Waals surface area (Å²) < 4.78 is 5.70. The third-order valence-corrected chi connectivity index (χ3v) is 5.06. The Bertz CT molecular complexity index is 1120. The van der Waals surface area contributed by atoms with Gasteiger partial charge in [0, 0.05) is 29.2 Å². The maximum absolute atomic E-state index is 12.8. The lowest BCUT2D eigenvalue weighted by molar-refractivity contribution is 0.0773. The van der Waals surface area contributed by atoms with Crippen LogP contribution in [0.15, 0.2) is 64.4 Å². The van der Waals surface area contributed by atoms with Crippen molar-refractivity contribution in [3.63, 3.8) is 0 Å². The van der Waals surface area contributed by atoms with Crippen molar-refractivity contribution in [2.24, 2.45) is 0 Å². The lowest BCUT2D eigenvalue weighted by atomic mass is 10.2. The molecule has 4 rings (SSSR count). The summed E-state index contributed by atoms with van der Waals surface area (Å²) >= 11 is 1.52. The highest BCUT2D eigenvalue weighted by Crippen LogP contribution is 2.22. The first-order valence-electron chi connectivity index (χ1n) is 9.01. The predicted octanol–water partition coefficient (Wildman–Crippen LogP) is 4.52. The Morgan fingerprint density at radius 1 is 1.14 bits per heavy atom. The molecule has 2 aromatic heterocycles. The van der Waals surface area contributed by atoms with Crippen LogP contribution in [0.1, 0.15) is 21.9 Å². The first-order chi connectivity index (χ1) is 14.1. The normalized spacial score (nSPS) is 10.7. The van der Waals surface area contributed by atoms with Gasteiger partial charge >= 0.3 is 0 Å². The molecule has 0 unspecified atom stereocenters. The van der Waals surface area contributed by atoms with Gasteiger partial charge in [0.2, 0.25) is 11.8 Å². The van der Waals surface area contributed by atoms with Crippen LogP contribution in [-0.4, -0.2) is 33.0 Å².